The predicted octanol–water partition coefficient (Wildman–Crippen LogP) is 3.16. The molecule has 3 rings (SSSR count). The summed E-state index contributed by atoms with van der Waals surface area (Å²) in [6.45, 7) is 6.32. The topological polar surface area (TPSA) is 68.8 Å². The highest BCUT2D eigenvalue weighted by molar-refractivity contribution is 14.0. The van der Waals surface area contributed by atoms with Crippen molar-refractivity contribution in [1.82, 2.24) is 15.5 Å². The molecule has 0 saturated carbocycles. The van der Waals surface area contributed by atoms with E-state index in [2.05, 4.69) is 38.8 Å². The molecule has 0 spiro atoms. The number of hydrogen-bond donors (Lipinski definition) is 3. The average molecular weight is 499 g/mol. The van der Waals surface area contributed by atoms with Crippen molar-refractivity contribution in [2.45, 2.75) is 51.0 Å². The Labute approximate surface area is 186 Å². The lowest BCUT2D eigenvalue weighted by molar-refractivity contribution is -0.116. The smallest absolute Gasteiger partial charge is 0.225 e. The van der Waals surface area contributed by atoms with Crippen LogP contribution in [0.25, 0.3) is 0 Å². The molecule has 2 aliphatic heterocycles. The van der Waals surface area contributed by atoms with Crippen LogP contribution in [-0.4, -0.2) is 56.0 Å². The Bertz CT molecular complexity index is 666. The van der Waals surface area contributed by atoms with E-state index < -0.39 is 0 Å². The molecule has 1 aromatic carbocycles. The van der Waals surface area contributed by atoms with Gasteiger partial charge in [-0.25, -0.2) is 0 Å². The number of hydrogen-bond acceptors (Lipinski definition) is 3. The standard InChI is InChI=1S/C21H33N5O.HI/c1-16-8-5-6-12-26(16)13-7-11-23-21(22-2)24-15-17-14-20(27)25-19-10-4-3-9-18(17)19;/h3-4,9-10,16-17H,5-8,11-15H2,1-2H3,(H,25,27)(H2,22,23,24);1H. The fraction of sp³-hybridized carbons (Fsp3) is 0.619. The van der Waals surface area contributed by atoms with Gasteiger partial charge in [-0.3, -0.25) is 9.79 Å². The number of fused-ring (bicyclic) bond motifs is 1. The van der Waals surface area contributed by atoms with Crippen LogP contribution < -0.4 is 16.0 Å². The number of amides is 1. The van der Waals surface area contributed by atoms with Crippen molar-refractivity contribution in [1.29, 1.82) is 0 Å². The first-order chi connectivity index (χ1) is 13.2. The van der Waals surface area contributed by atoms with Crippen molar-refractivity contribution in [3.63, 3.8) is 0 Å². The summed E-state index contributed by atoms with van der Waals surface area (Å²) < 4.78 is 0. The number of likely N-dealkylation sites (tertiary alicyclic amines) is 1. The minimum absolute atomic E-state index is 0. The molecule has 1 fully saturated rings. The third kappa shape index (κ3) is 6.34. The Balaban J connectivity index is 0.00000280. The molecule has 1 saturated heterocycles. The molecule has 7 heteroatoms. The van der Waals surface area contributed by atoms with Crippen molar-refractivity contribution in [2.75, 3.05) is 38.5 Å². The molecule has 2 atom stereocenters. The monoisotopic (exact) mass is 499 g/mol. The summed E-state index contributed by atoms with van der Waals surface area (Å²) in [7, 11) is 1.80. The van der Waals surface area contributed by atoms with Crippen LogP contribution in [0.2, 0.25) is 0 Å². The van der Waals surface area contributed by atoms with Gasteiger partial charge in [-0.15, -0.1) is 24.0 Å². The Kier molecular flexibility index (Phi) is 9.50. The van der Waals surface area contributed by atoms with E-state index in [4.69, 9.17) is 0 Å². The summed E-state index contributed by atoms with van der Waals surface area (Å²) in [6, 6.07) is 8.76. The van der Waals surface area contributed by atoms with E-state index in [1.165, 1.54) is 31.4 Å². The lowest BCUT2D eigenvalue weighted by Crippen LogP contribution is -2.42. The fourth-order valence-electron chi connectivity index (χ4n) is 4.10. The van der Waals surface area contributed by atoms with Gasteiger partial charge < -0.3 is 20.9 Å². The van der Waals surface area contributed by atoms with Gasteiger partial charge >= 0.3 is 0 Å². The van der Waals surface area contributed by atoms with Crippen molar-refractivity contribution in [3.05, 3.63) is 29.8 Å². The van der Waals surface area contributed by atoms with Gasteiger partial charge in [0.25, 0.3) is 0 Å². The molecule has 1 amide bonds. The number of benzene rings is 1. The van der Waals surface area contributed by atoms with Crippen LogP contribution in [0.1, 0.15) is 50.5 Å². The molecule has 2 unspecified atom stereocenters. The number of halogens is 1. The molecule has 1 aromatic rings. The molecule has 28 heavy (non-hydrogen) atoms. The number of nitrogens with one attached hydrogen (secondary N) is 3. The molecule has 0 aromatic heterocycles. The predicted molar refractivity (Wildman–Crippen MR) is 127 cm³/mol. The zero-order valence-corrected chi connectivity index (χ0v) is 19.4. The van der Waals surface area contributed by atoms with Gasteiger partial charge in [0.2, 0.25) is 5.91 Å². The summed E-state index contributed by atoms with van der Waals surface area (Å²) in [5.74, 6) is 1.06. The first-order valence-corrected chi connectivity index (χ1v) is 10.2. The molecular weight excluding hydrogens is 465 g/mol. The van der Waals surface area contributed by atoms with Crippen LogP contribution in [0.5, 0.6) is 0 Å². The van der Waals surface area contributed by atoms with E-state index in [1.807, 2.05) is 18.2 Å². The Morgan fingerprint density at radius 1 is 1.29 bits per heavy atom. The first-order valence-electron chi connectivity index (χ1n) is 10.2. The van der Waals surface area contributed by atoms with Crippen LogP contribution in [-0.2, 0) is 4.79 Å². The lowest BCUT2D eigenvalue weighted by atomic mass is 9.90. The Hall–Kier alpha value is -1.35. The molecule has 2 aliphatic rings. The summed E-state index contributed by atoms with van der Waals surface area (Å²) in [4.78, 5) is 18.9. The van der Waals surface area contributed by atoms with Crippen molar-refractivity contribution in [3.8, 4) is 0 Å². The van der Waals surface area contributed by atoms with Crippen molar-refractivity contribution >= 4 is 41.5 Å². The molecule has 0 bridgehead atoms. The maximum Gasteiger partial charge on any atom is 0.225 e. The quantitative estimate of drug-likeness (QED) is 0.244. The molecule has 3 N–H and O–H groups in total. The number of carbonyl (C=O) groups is 1. The number of carbonyl (C=O) groups excluding carboxylic acids is 1. The zero-order chi connectivity index (χ0) is 19.1. The normalized spacial score (nSPS) is 22.6. The highest BCUT2D eigenvalue weighted by atomic mass is 127. The Morgan fingerprint density at radius 3 is 2.89 bits per heavy atom. The summed E-state index contributed by atoms with van der Waals surface area (Å²) >= 11 is 0. The van der Waals surface area contributed by atoms with Crippen LogP contribution in [0.3, 0.4) is 0 Å². The first kappa shape index (κ1) is 22.9. The molecule has 2 heterocycles. The minimum Gasteiger partial charge on any atom is -0.356 e. The van der Waals surface area contributed by atoms with Gasteiger partial charge in [0.05, 0.1) is 0 Å². The van der Waals surface area contributed by atoms with E-state index >= 15 is 0 Å². The number of rotatable bonds is 6. The Morgan fingerprint density at radius 2 is 2.11 bits per heavy atom. The summed E-state index contributed by atoms with van der Waals surface area (Å²) in [5.41, 5.74) is 2.12. The minimum atomic E-state index is 0. The number of nitrogens with zero attached hydrogens (tertiary/aromatic N) is 2. The third-order valence-corrected chi connectivity index (χ3v) is 5.70. The van der Waals surface area contributed by atoms with E-state index in [1.54, 1.807) is 7.05 Å². The number of aliphatic imine (C=N–C) groups is 1. The van der Waals surface area contributed by atoms with Crippen molar-refractivity contribution in [2.24, 2.45) is 4.99 Å². The second-order valence-corrected chi connectivity index (χ2v) is 7.65. The maximum atomic E-state index is 11.9. The second-order valence-electron chi connectivity index (χ2n) is 7.65. The number of piperidine rings is 1. The highest BCUT2D eigenvalue weighted by Crippen LogP contribution is 2.31. The average Bonchev–Trinajstić information content (AvgIpc) is 2.68. The maximum absolute atomic E-state index is 11.9. The van der Waals surface area contributed by atoms with Gasteiger partial charge in [-0.05, 0) is 44.4 Å². The van der Waals surface area contributed by atoms with Crippen molar-refractivity contribution < 1.29 is 4.79 Å². The van der Waals surface area contributed by atoms with E-state index in [0.29, 0.717) is 19.0 Å². The van der Waals surface area contributed by atoms with Crippen LogP contribution in [0.4, 0.5) is 5.69 Å². The van der Waals surface area contributed by atoms with E-state index in [9.17, 15) is 4.79 Å². The van der Waals surface area contributed by atoms with Gasteiger partial charge in [0.15, 0.2) is 5.96 Å². The van der Waals surface area contributed by atoms with Gasteiger partial charge in [-0.2, -0.15) is 0 Å². The van der Waals surface area contributed by atoms with Gasteiger partial charge in [0, 0.05) is 50.7 Å². The summed E-state index contributed by atoms with van der Waals surface area (Å²) in [5, 5.41) is 9.75. The highest BCUT2D eigenvalue weighted by Gasteiger charge is 2.24. The van der Waals surface area contributed by atoms with Crippen LogP contribution in [0, 0.1) is 0 Å². The molecule has 0 aliphatic carbocycles. The van der Waals surface area contributed by atoms with E-state index in [-0.39, 0.29) is 35.8 Å². The largest absolute Gasteiger partial charge is 0.356 e. The summed E-state index contributed by atoms with van der Waals surface area (Å²) in [6.07, 6.45) is 5.65. The lowest BCUT2D eigenvalue weighted by Gasteiger charge is -2.33. The number of para-hydroxylation sites is 1. The zero-order valence-electron chi connectivity index (χ0n) is 17.0. The van der Waals surface area contributed by atoms with Gasteiger partial charge in [-0.1, -0.05) is 24.6 Å². The van der Waals surface area contributed by atoms with Gasteiger partial charge in [0.1, 0.15) is 0 Å². The number of anilines is 1. The molecule has 0 radical (unpaired) electrons. The molecule has 156 valence electrons. The van der Waals surface area contributed by atoms with E-state index in [0.717, 1.165) is 31.2 Å². The molecular formula is C21H34IN5O. The third-order valence-electron chi connectivity index (χ3n) is 5.70. The fourth-order valence-corrected chi connectivity index (χ4v) is 4.10. The number of guanidine groups is 1. The second kappa shape index (κ2) is 11.6. The van der Waals surface area contributed by atoms with Crippen LogP contribution >= 0.6 is 24.0 Å². The van der Waals surface area contributed by atoms with Crippen LogP contribution in [0.15, 0.2) is 29.3 Å². The molecule has 6 nitrogen and oxygen atoms in total. The SMILES string of the molecule is CN=C(NCCCN1CCCCC1C)NCC1CC(=O)Nc2ccccc21.I.